The number of esters is 1. The van der Waals surface area contributed by atoms with Crippen LogP contribution in [0.2, 0.25) is 0 Å². The summed E-state index contributed by atoms with van der Waals surface area (Å²) >= 11 is 6.25. The monoisotopic (exact) mass is 401 g/mol. The zero-order valence-electron chi connectivity index (χ0n) is 15.8. The molecule has 0 atom stereocenters. The van der Waals surface area contributed by atoms with Gasteiger partial charge in [0.05, 0.1) is 7.11 Å². The van der Waals surface area contributed by atoms with Gasteiger partial charge in [-0.15, -0.1) is 0 Å². The molecule has 7 heteroatoms. The van der Waals surface area contributed by atoms with Crippen LogP contribution >= 0.6 is 11.6 Å². The molecule has 1 heterocycles. The van der Waals surface area contributed by atoms with Gasteiger partial charge in [0.25, 0.3) is 0 Å². The highest BCUT2D eigenvalue weighted by molar-refractivity contribution is 6.44. The fourth-order valence-corrected chi connectivity index (χ4v) is 2.43. The first kappa shape index (κ1) is 23.0. The van der Waals surface area contributed by atoms with Crippen molar-refractivity contribution in [2.75, 3.05) is 13.7 Å². The first-order valence-corrected chi connectivity index (χ1v) is 8.82. The van der Waals surface area contributed by atoms with Gasteiger partial charge in [-0.3, -0.25) is 4.99 Å². The smallest absolute Gasteiger partial charge is 0.412 e. The Kier molecular flexibility index (Phi) is 8.76. The summed E-state index contributed by atoms with van der Waals surface area (Å²) in [5.41, 5.74) is 1.11. The van der Waals surface area contributed by atoms with Crippen LogP contribution in [0.15, 0.2) is 62.7 Å². The van der Waals surface area contributed by atoms with Gasteiger partial charge in [-0.1, -0.05) is 36.8 Å². The number of methoxy groups -OCH3 is 1. The first-order valence-electron chi connectivity index (χ1n) is 8.45. The minimum atomic E-state index is -4.39. The Labute approximate surface area is 162 Å². The number of hydrogen-bond acceptors (Lipinski definition) is 3. The lowest BCUT2D eigenvalue weighted by molar-refractivity contribution is -0.132. The van der Waals surface area contributed by atoms with Gasteiger partial charge in [0.2, 0.25) is 0 Å². The zero-order chi connectivity index (χ0) is 20.6. The van der Waals surface area contributed by atoms with Crippen LogP contribution in [0.4, 0.5) is 13.2 Å². The van der Waals surface area contributed by atoms with Crippen LogP contribution in [-0.4, -0.2) is 31.5 Å². The van der Waals surface area contributed by atoms with E-state index in [0.717, 1.165) is 13.0 Å². The Balaban J connectivity index is 3.37. The molecule has 0 aliphatic carbocycles. The highest BCUT2D eigenvalue weighted by Crippen LogP contribution is 2.29. The summed E-state index contributed by atoms with van der Waals surface area (Å²) in [7, 11) is 1.25. The number of ether oxygens (including phenoxy) is 1. The molecule has 3 nitrogen and oxygen atoms in total. The number of aliphatic imine (C=N–C) groups is 1. The third-order valence-corrected chi connectivity index (χ3v) is 4.17. The van der Waals surface area contributed by atoms with Crippen molar-refractivity contribution < 1.29 is 22.7 Å². The average molecular weight is 402 g/mol. The van der Waals surface area contributed by atoms with Gasteiger partial charge >= 0.3 is 12.1 Å². The molecule has 0 radical (unpaired) electrons. The summed E-state index contributed by atoms with van der Waals surface area (Å²) in [6, 6.07) is 0. The van der Waals surface area contributed by atoms with Gasteiger partial charge in [0, 0.05) is 17.2 Å². The van der Waals surface area contributed by atoms with Crippen molar-refractivity contribution in [3.63, 3.8) is 0 Å². The molecule has 0 unspecified atom stereocenters. The van der Waals surface area contributed by atoms with Crippen LogP contribution in [0.3, 0.4) is 0 Å². The quantitative estimate of drug-likeness (QED) is 0.438. The van der Waals surface area contributed by atoms with E-state index in [2.05, 4.69) is 9.73 Å². The van der Waals surface area contributed by atoms with Crippen LogP contribution in [0.1, 0.15) is 33.6 Å². The summed E-state index contributed by atoms with van der Waals surface area (Å²) in [4.78, 5) is 15.9. The molecule has 0 amide bonds. The Morgan fingerprint density at radius 2 is 2.04 bits per heavy atom. The number of nitrogens with zero attached hydrogens (tertiary/aromatic N) is 1. The van der Waals surface area contributed by atoms with E-state index in [1.807, 2.05) is 6.92 Å². The van der Waals surface area contributed by atoms with E-state index >= 15 is 0 Å². The molecule has 0 fully saturated rings. The molecular weight excluding hydrogens is 379 g/mol. The standard InChI is InChI=1S/C20H23ClF3NO2/c1-5-7-15(11-14(3)20(22,23)24)16-8-6-9-25-18(19(26)27-4)12-17(21)13(2)10-16/h7-8,10-12H,5-6,9H2,1-4H3/b13-10+,14-11+,15-7+,16-8+,17-12+,25-18?. The van der Waals surface area contributed by atoms with Gasteiger partial charge in [0.15, 0.2) is 0 Å². The summed E-state index contributed by atoms with van der Waals surface area (Å²) < 4.78 is 43.5. The zero-order valence-corrected chi connectivity index (χ0v) is 16.5. The molecule has 148 valence electrons. The maximum absolute atomic E-state index is 12.9. The van der Waals surface area contributed by atoms with E-state index in [1.54, 1.807) is 25.2 Å². The molecule has 1 aliphatic rings. The average Bonchev–Trinajstić information content (AvgIpc) is 2.60. The fourth-order valence-electron chi connectivity index (χ4n) is 2.27. The van der Waals surface area contributed by atoms with E-state index in [-0.39, 0.29) is 17.3 Å². The van der Waals surface area contributed by atoms with Gasteiger partial charge in [-0.2, -0.15) is 13.2 Å². The number of rotatable bonds is 4. The molecule has 0 aromatic carbocycles. The molecule has 1 aliphatic heterocycles. The van der Waals surface area contributed by atoms with Crippen LogP contribution in [0.5, 0.6) is 0 Å². The molecular formula is C20H23ClF3NO2. The van der Waals surface area contributed by atoms with Crippen LogP contribution < -0.4 is 0 Å². The topological polar surface area (TPSA) is 38.7 Å². The molecule has 0 saturated heterocycles. The maximum atomic E-state index is 12.9. The lowest BCUT2D eigenvalue weighted by Gasteiger charge is -2.12. The minimum Gasteiger partial charge on any atom is -0.464 e. The number of hydrogen-bond donors (Lipinski definition) is 0. The van der Waals surface area contributed by atoms with Gasteiger partial charge in [0.1, 0.15) is 5.71 Å². The SMILES string of the molecule is CC/C=C(\C=C(/C)C(F)(F)F)C1=C/CCN=C(C(=O)OC)/C=C(Cl)\C(C)=C\1. The van der Waals surface area contributed by atoms with Crippen molar-refractivity contribution in [2.45, 2.75) is 39.8 Å². The normalized spacial score (nSPS) is 23.3. The second-order valence-electron chi connectivity index (χ2n) is 5.92. The first-order chi connectivity index (χ1) is 12.6. The molecule has 27 heavy (non-hydrogen) atoms. The highest BCUT2D eigenvalue weighted by Gasteiger charge is 2.30. The van der Waals surface area contributed by atoms with Crippen molar-refractivity contribution in [1.82, 2.24) is 0 Å². The molecule has 0 aromatic rings. The summed E-state index contributed by atoms with van der Waals surface area (Å²) in [6.07, 6.45) is 4.41. The summed E-state index contributed by atoms with van der Waals surface area (Å²) in [6.45, 7) is 4.89. The lowest BCUT2D eigenvalue weighted by Crippen LogP contribution is -2.14. The van der Waals surface area contributed by atoms with E-state index in [0.29, 0.717) is 29.6 Å². The molecule has 0 bridgehead atoms. The number of allylic oxidation sites excluding steroid dienone is 8. The van der Waals surface area contributed by atoms with Crippen LogP contribution in [0, 0.1) is 0 Å². The van der Waals surface area contributed by atoms with Crippen LogP contribution in [0.25, 0.3) is 0 Å². The van der Waals surface area contributed by atoms with Crippen molar-refractivity contribution in [2.24, 2.45) is 4.99 Å². The molecule has 0 N–H and O–H groups in total. The van der Waals surface area contributed by atoms with E-state index < -0.39 is 17.7 Å². The Hall–Kier alpha value is -2.08. The van der Waals surface area contributed by atoms with Crippen LogP contribution in [-0.2, 0) is 9.53 Å². The molecule has 0 aromatic heterocycles. The van der Waals surface area contributed by atoms with E-state index in [1.165, 1.54) is 13.2 Å². The number of carbonyl (C=O) groups is 1. The molecule has 1 rings (SSSR count). The maximum Gasteiger partial charge on any atom is 0.412 e. The van der Waals surface area contributed by atoms with E-state index in [9.17, 15) is 18.0 Å². The van der Waals surface area contributed by atoms with Crippen molar-refractivity contribution >= 4 is 23.3 Å². The largest absolute Gasteiger partial charge is 0.464 e. The minimum absolute atomic E-state index is 0.101. The molecule has 0 saturated carbocycles. The third-order valence-electron chi connectivity index (χ3n) is 3.76. The highest BCUT2D eigenvalue weighted by atomic mass is 35.5. The van der Waals surface area contributed by atoms with Crippen molar-refractivity contribution in [3.05, 3.63) is 57.7 Å². The van der Waals surface area contributed by atoms with Gasteiger partial charge in [-0.25, -0.2) is 4.79 Å². The molecule has 0 spiro atoms. The fraction of sp³-hybridized carbons (Fsp3) is 0.400. The van der Waals surface area contributed by atoms with Gasteiger partial charge in [-0.05, 0) is 55.6 Å². The van der Waals surface area contributed by atoms with Crippen molar-refractivity contribution in [1.29, 1.82) is 0 Å². The Bertz CT molecular complexity index is 754. The predicted molar refractivity (Wildman–Crippen MR) is 103 cm³/mol. The van der Waals surface area contributed by atoms with E-state index in [4.69, 9.17) is 11.6 Å². The summed E-state index contributed by atoms with van der Waals surface area (Å²) in [5.74, 6) is -0.596. The Morgan fingerprint density at radius 1 is 1.37 bits per heavy atom. The van der Waals surface area contributed by atoms with Gasteiger partial charge < -0.3 is 4.74 Å². The number of halogens is 4. The van der Waals surface area contributed by atoms with Crippen molar-refractivity contribution in [3.8, 4) is 0 Å². The second-order valence-corrected chi connectivity index (χ2v) is 6.33. The number of alkyl halides is 3. The second kappa shape index (κ2) is 10.3. The lowest BCUT2D eigenvalue weighted by atomic mass is 9.98. The third kappa shape index (κ3) is 7.21. The Morgan fingerprint density at radius 3 is 2.59 bits per heavy atom. The number of carbonyl (C=O) groups excluding carboxylic acids is 1. The summed E-state index contributed by atoms with van der Waals surface area (Å²) in [5, 5.41) is 0.263. The predicted octanol–water partition coefficient (Wildman–Crippen LogP) is 5.84.